The third-order valence-corrected chi connectivity index (χ3v) is 10.7. The Morgan fingerprint density at radius 2 is 1.91 bits per heavy atom. The van der Waals surface area contributed by atoms with Crippen molar-refractivity contribution in [2.24, 2.45) is 0 Å². The lowest BCUT2D eigenvalue weighted by Crippen LogP contribution is -2.35. The van der Waals surface area contributed by atoms with Crippen LogP contribution in [-0.2, 0) is 0 Å². The number of fused-ring (bicyclic) bond motifs is 1. The average Bonchev–Trinajstić information content (AvgIpc) is 3.26. The second-order valence-electron chi connectivity index (χ2n) is 7.13. The van der Waals surface area contributed by atoms with Gasteiger partial charge >= 0.3 is 0 Å². The van der Waals surface area contributed by atoms with Crippen molar-refractivity contribution in [3.63, 3.8) is 0 Å². The van der Waals surface area contributed by atoms with Gasteiger partial charge in [-0.25, -0.2) is 0 Å². The fourth-order valence-corrected chi connectivity index (χ4v) is 9.13. The number of thiophene rings is 1. The predicted molar refractivity (Wildman–Crippen MR) is 105 cm³/mol. The summed E-state index contributed by atoms with van der Waals surface area (Å²) in [5.74, 6) is 0. The molecule has 1 aromatic heterocycles. The van der Waals surface area contributed by atoms with E-state index in [2.05, 4.69) is 80.0 Å². The molecule has 23 heavy (non-hydrogen) atoms. The minimum Gasteiger partial charge on any atom is -0.147 e. The molecule has 1 atom stereocenters. The van der Waals surface area contributed by atoms with Crippen LogP contribution in [0, 0.1) is 0 Å². The molecule has 0 nitrogen and oxygen atoms in total. The molecule has 1 heterocycles. The number of allylic oxidation sites excluding steroid dienone is 6. The summed E-state index contributed by atoms with van der Waals surface area (Å²) < 4.78 is 0. The standard InChI is InChI=1S/C21H22SSi/c1-15-13-19(23(2,3)17-11-7-8-12-17)21-20(15)18(14-22-21)16-9-5-4-6-10-16/h4-11,13-14,19H,12H2,1-3H3. The Labute approximate surface area is 143 Å². The molecular weight excluding hydrogens is 312 g/mol. The fraction of sp³-hybridized carbons (Fsp3) is 0.238. The van der Waals surface area contributed by atoms with E-state index in [-0.39, 0.29) is 0 Å². The van der Waals surface area contributed by atoms with Crippen molar-refractivity contribution in [2.45, 2.75) is 32.0 Å². The maximum absolute atomic E-state index is 2.55. The zero-order valence-corrected chi connectivity index (χ0v) is 15.8. The van der Waals surface area contributed by atoms with Crippen LogP contribution in [0.3, 0.4) is 0 Å². The van der Waals surface area contributed by atoms with Crippen molar-refractivity contribution in [3.8, 4) is 11.1 Å². The number of hydrogen-bond donors (Lipinski definition) is 0. The normalized spacial score (nSPS) is 19.7. The van der Waals surface area contributed by atoms with Gasteiger partial charge in [-0.1, -0.05) is 72.9 Å². The molecule has 0 fully saturated rings. The van der Waals surface area contributed by atoms with Gasteiger partial charge in [-0.05, 0) is 35.4 Å². The average molecular weight is 335 g/mol. The Kier molecular flexibility index (Phi) is 3.55. The molecule has 0 spiro atoms. The van der Waals surface area contributed by atoms with E-state index in [1.807, 2.05) is 11.3 Å². The van der Waals surface area contributed by atoms with E-state index in [0.717, 1.165) is 6.42 Å². The summed E-state index contributed by atoms with van der Waals surface area (Å²) >= 11 is 1.97. The monoisotopic (exact) mass is 334 g/mol. The molecule has 2 aliphatic carbocycles. The molecule has 2 aliphatic rings. The first kappa shape index (κ1) is 14.9. The minimum absolute atomic E-state index is 0.631. The molecule has 2 aromatic rings. The van der Waals surface area contributed by atoms with Gasteiger partial charge in [0.2, 0.25) is 0 Å². The van der Waals surface area contributed by atoms with Crippen LogP contribution in [0.5, 0.6) is 0 Å². The largest absolute Gasteiger partial charge is 0.147 e. The summed E-state index contributed by atoms with van der Waals surface area (Å²) in [4.78, 5) is 1.60. The lowest BCUT2D eigenvalue weighted by Gasteiger charge is -2.30. The topological polar surface area (TPSA) is 0 Å². The van der Waals surface area contributed by atoms with Gasteiger partial charge in [0.15, 0.2) is 0 Å². The molecule has 0 amide bonds. The second-order valence-corrected chi connectivity index (χ2v) is 12.7. The molecule has 0 saturated heterocycles. The van der Waals surface area contributed by atoms with Crippen LogP contribution >= 0.6 is 11.3 Å². The lowest BCUT2D eigenvalue weighted by atomic mass is 10.0. The number of benzene rings is 1. The van der Waals surface area contributed by atoms with Crippen LogP contribution in [0.25, 0.3) is 16.7 Å². The molecule has 4 rings (SSSR count). The Balaban J connectivity index is 1.79. The zero-order valence-electron chi connectivity index (χ0n) is 14.0. The van der Waals surface area contributed by atoms with Crippen molar-refractivity contribution in [1.82, 2.24) is 0 Å². The Morgan fingerprint density at radius 3 is 2.61 bits per heavy atom. The van der Waals surface area contributed by atoms with E-state index < -0.39 is 8.07 Å². The summed E-state index contributed by atoms with van der Waals surface area (Å²) in [7, 11) is -1.49. The number of rotatable bonds is 3. The Bertz CT molecular complexity index is 834. The van der Waals surface area contributed by atoms with Crippen molar-refractivity contribution in [2.75, 3.05) is 0 Å². The third kappa shape index (κ3) is 2.32. The Morgan fingerprint density at radius 1 is 1.13 bits per heavy atom. The van der Waals surface area contributed by atoms with Crippen LogP contribution in [0.15, 0.2) is 65.2 Å². The summed E-state index contributed by atoms with van der Waals surface area (Å²) in [5.41, 5.74) is 6.38. The highest BCUT2D eigenvalue weighted by atomic mass is 32.1. The van der Waals surface area contributed by atoms with Crippen molar-refractivity contribution < 1.29 is 0 Å². The lowest BCUT2D eigenvalue weighted by molar-refractivity contribution is 1.18. The second kappa shape index (κ2) is 5.47. The first-order valence-electron chi connectivity index (χ1n) is 8.31. The molecule has 0 aliphatic heterocycles. The minimum atomic E-state index is -1.49. The number of hydrogen-bond acceptors (Lipinski definition) is 1. The quantitative estimate of drug-likeness (QED) is 0.555. The van der Waals surface area contributed by atoms with Gasteiger partial charge in [0.05, 0.1) is 8.07 Å². The maximum Gasteiger partial charge on any atom is 0.0883 e. The molecule has 0 bridgehead atoms. The Hall–Kier alpha value is -1.64. The molecule has 1 unspecified atom stereocenters. The van der Waals surface area contributed by atoms with E-state index in [0.29, 0.717) is 5.54 Å². The van der Waals surface area contributed by atoms with Gasteiger partial charge in [0.25, 0.3) is 0 Å². The van der Waals surface area contributed by atoms with Gasteiger partial charge in [0.1, 0.15) is 0 Å². The molecular formula is C21H22SSi. The zero-order chi connectivity index (χ0) is 16.0. The van der Waals surface area contributed by atoms with E-state index in [1.54, 1.807) is 10.1 Å². The van der Waals surface area contributed by atoms with Crippen molar-refractivity contribution in [3.05, 3.63) is 75.7 Å². The van der Waals surface area contributed by atoms with E-state index in [4.69, 9.17) is 0 Å². The van der Waals surface area contributed by atoms with Crippen LogP contribution in [0.2, 0.25) is 13.1 Å². The van der Waals surface area contributed by atoms with E-state index in [9.17, 15) is 0 Å². The summed E-state index contributed by atoms with van der Waals surface area (Å²) in [5, 5.41) is 4.06. The fourth-order valence-electron chi connectivity index (χ4n) is 3.91. The van der Waals surface area contributed by atoms with Crippen molar-refractivity contribution >= 4 is 25.0 Å². The van der Waals surface area contributed by atoms with E-state index >= 15 is 0 Å². The van der Waals surface area contributed by atoms with Gasteiger partial charge in [-0.2, -0.15) is 0 Å². The first-order valence-corrected chi connectivity index (χ1v) is 12.3. The first-order chi connectivity index (χ1) is 11.1. The van der Waals surface area contributed by atoms with Crippen LogP contribution in [-0.4, -0.2) is 8.07 Å². The predicted octanol–water partition coefficient (Wildman–Crippen LogP) is 6.59. The highest BCUT2D eigenvalue weighted by Gasteiger charge is 2.40. The molecule has 116 valence electrons. The van der Waals surface area contributed by atoms with Gasteiger partial charge < -0.3 is 0 Å². The van der Waals surface area contributed by atoms with Crippen LogP contribution < -0.4 is 0 Å². The van der Waals surface area contributed by atoms with Gasteiger partial charge in [-0.15, -0.1) is 11.3 Å². The molecule has 1 aromatic carbocycles. The molecule has 2 heteroatoms. The molecule has 0 N–H and O–H groups in total. The van der Waals surface area contributed by atoms with Crippen LogP contribution in [0.1, 0.15) is 29.3 Å². The summed E-state index contributed by atoms with van der Waals surface area (Å²) in [6.45, 7) is 7.37. The van der Waals surface area contributed by atoms with Gasteiger partial charge in [-0.3, -0.25) is 0 Å². The highest BCUT2D eigenvalue weighted by Crippen LogP contribution is 2.50. The van der Waals surface area contributed by atoms with E-state index in [1.165, 1.54) is 22.3 Å². The SMILES string of the molecule is CC1=CC([Si](C)(C)C2=CC=CC2)c2scc(-c3ccccc3)c21. The molecule has 0 radical (unpaired) electrons. The smallest absolute Gasteiger partial charge is 0.0883 e. The van der Waals surface area contributed by atoms with Crippen molar-refractivity contribution in [1.29, 1.82) is 0 Å². The molecule has 0 saturated carbocycles. The highest BCUT2D eigenvalue weighted by molar-refractivity contribution is 7.12. The van der Waals surface area contributed by atoms with Crippen LogP contribution in [0.4, 0.5) is 0 Å². The third-order valence-electron chi connectivity index (χ3n) is 5.37. The van der Waals surface area contributed by atoms with Gasteiger partial charge in [0, 0.05) is 16.0 Å². The maximum atomic E-state index is 2.55. The summed E-state index contributed by atoms with van der Waals surface area (Å²) in [6.07, 6.45) is 10.6. The summed E-state index contributed by atoms with van der Waals surface area (Å²) in [6, 6.07) is 10.8.